The topological polar surface area (TPSA) is 66.8 Å². The van der Waals surface area contributed by atoms with E-state index in [9.17, 15) is 41.0 Å². The minimum absolute atomic E-state index is 0.0168. The van der Waals surface area contributed by atoms with Gasteiger partial charge in [0, 0.05) is 5.92 Å². The third kappa shape index (κ3) is 6.35. The van der Waals surface area contributed by atoms with Crippen molar-refractivity contribution in [3.05, 3.63) is 74.9 Å². The van der Waals surface area contributed by atoms with Gasteiger partial charge in [0.1, 0.15) is 5.75 Å². The number of hydrogen-bond donors (Lipinski definition) is 1. The molecule has 0 aromatic heterocycles. The van der Waals surface area contributed by atoms with E-state index in [2.05, 4.69) is 13.0 Å². The van der Waals surface area contributed by atoms with Crippen molar-refractivity contribution in [2.75, 3.05) is 11.5 Å². The number of fused-ring (bicyclic) bond motifs is 3. The number of imide groups is 1. The molecular formula is C35H37F6NO4. The maximum atomic E-state index is 13.8. The van der Waals surface area contributed by atoms with Crippen LogP contribution in [-0.4, -0.2) is 29.6 Å². The van der Waals surface area contributed by atoms with E-state index in [1.807, 2.05) is 32.9 Å². The van der Waals surface area contributed by atoms with Crippen LogP contribution in [-0.2, 0) is 26.7 Å². The Morgan fingerprint density at radius 1 is 0.913 bits per heavy atom. The van der Waals surface area contributed by atoms with Gasteiger partial charge in [-0.2, -0.15) is 26.3 Å². The summed E-state index contributed by atoms with van der Waals surface area (Å²) in [5.41, 5.74) is 1.71. The largest absolute Gasteiger partial charge is 0.507 e. The molecule has 2 saturated heterocycles. The number of nitrogens with zero attached hydrogens (tertiary/aromatic N) is 1. The number of benzene rings is 2. The molecular weight excluding hydrogens is 612 g/mol. The fourth-order valence-corrected chi connectivity index (χ4v) is 7.35. The molecule has 4 atom stereocenters. The molecule has 5 nitrogen and oxygen atoms in total. The summed E-state index contributed by atoms with van der Waals surface area (Å²) < 4.78 is 87.8. The van der Waals surface area contributed by atoms with Crippen LogP contribution < -0.4 is 4.90 Å². The van der Waals surface area contributed by atoms with Gasteiger partial charge in [-0.1, -0.05) is 37.5 Å². The van der Waals surface area contributed by atoms with Crippen LogP contribution in [0.15, 0.2) is 47.1 Å². The van der Waals surface area contributed by atoms with E-state index in [1.54, 1.807) is 0 Å². The molecule has 1 N–H and O–H groups in total. The standard InChI is InChI=1S/C35H37F6NO4/c1-5-7-20(12-21-10-18(3)31(43)19(4)11-21)8-9-28-29-22(6-2)13-26-30(27(29)17-46-28)33(45)42(32(26)44)25-15-23(34(36,37)38)14-24(16-25)35(39,40)41/h10-12,14-16,26-28,30,43H,5-9,13,17H2,1-4H3/b20-12+/t26-,27+,28-,30-/m1/s1. The van der Waals surface area contributed by atoms with E-state index in [4.69, 9.17) is 4.74 Å². The lowest BCUT2D eigenvalue weighted by atomic mass is 9.69. The van der Waals surface area contributed by atoms with Gasteiger partial charge in [-0.05, 0) is 98.5 Å². The Hall–Kier alpha value is -3.60. The molecule has 2 aromatic carbocycles. The van der Waals surface area contributed by atoms with E-state index < -0.39 is 58.7 Å². The number of carbonyl (C=O) groups excluding carboxylic acids is 2. The number of phenols is 1. The molecule has 0 unspecified atom stereocenters. The molecule has 5 rings (SSSR count). The Morgan fingerprint density at radius 2 is 1.52 bits per heavy atom. The number of hydrogen-bond acceptors (Lipinski definition) is 4. The molecule has 2 amide bonds. The smallest absolute Gasteiger partial charge is 0.416 e. The SMILES string of the molecule is CCC/C(=C\c1cc(C)c(O)c(C)c1)CC[C@H]1OC[C@H]2C1=C(CC)C[C@H]1C(=O)N(c3cc(C(F)(F)F)cc(C(F)(F)F)c3)C(=O)[C@H]12. The molecule has 248 valence electrons. The van der Waals surface area contributed by atoms with Gasteiger partial charge in [-0.25, -0.2) is 4.90 Å². The summed E-state index contributed by atoms with van der Waals surface area (Å²) in [5.74, 6) is -3.63. The highest BCUT2D eigenvalue weighted by Gasteiger charge is 2.57. The molecule has 2 aromatic rings. The summed E-state index contributed by atoms with van der Waals surface area (Å²) in [5, 5.41) is 10.2. The molecule has 0 bridgehead atoms. The number of phenolic OH excluding ortho intramolecular Hbond substituents is 1. The van der Waals surface area contributed by atoms with Crippen LogP contribution in [0.2, 0.25) is 0 Å². The summed E-state index contributed by atoms with van der Waals surface area (Å²) in [4.78, 5) is 27.9. The fraction of sp³-hybridized carbons (Fsp3) is 0.486. The average Bonchev–Trinajstić information content (AvgIpc) is 3.51. The van der Waals surface area contributed by atoms with Gasteiger partial charge in [0.15, 0.2) is 0 Å². The van der Waals surface area contributed by atoms with E-state index >= 15 is 0 Å². The van der Waals surface area contributed by atoms with Crippen molar-refractivity contribution in [3.8, 4) is 5.75 Å². The number of aromatic hydroxyl groups is 1. The van der Waals surface area contributed by atoms with Crippen LogP contribution >= 0.6 is 0 Å². The highest BCUT2D eigenvalue weighted by Crippen LogP contribution is 2.52. The minimum Gasteiger partial charge on any atom is -0.507 e. The third-order valence-corrected chi connectivity index (χ3v) is 9.45. The van der Waals surface area contributed by atoms with E-state index in [0.29, 0.717) is 36.3 Å². The van der Waals surface area contributed by atoms with Crippen LogP contribution in [0.4, 0.5) is 32.0 Å². The van der Waals surface area contributed by atoms with E-state index in [-0.39, 0.29) is 30.9 Å². The van der Waals surface area contributed by atoms with Gasteiger partial charge in [0.2, 0.25) is 11.8 Å². The molecule has 46 heavy (non-hydrogen) atoms. The number of carbonyl (C=O) groups is 2. The number of ether oxygens (including phenoxy) is 1. The Labute approximate surface area is 263 Å². The Morgan fingerprint density at radius 3 is 2.07 bits per heavy atom. The van der Waals surface area contributed by atoms with Crippen molar-refractivity contribution in [2.45, 2.75) is 84.7 Å². The lowest BCUT2D eigenvalue weighted by molar-refractivity contribution is -0.143. The van der Waals surface area contributed by atoms with Gasteiger partial charge in [0.25, 0.3) is 0 Å². The highest BCUT2D eigenvalue weighted by atomic mass is 19.4. The molecule has 2 heterocycles. The van der Waals surface area contributed by atoms with Crippen molar-refractivity contribution < 1.29 is 45.8 Å². The number of amides is 2. The molecule has 2 aliphatic heterocycles. The molecule has 11 heteroatoms. The summed E-state index contributed by atoms with van der Waals surface area (Å²) >= 11 is 0. The first-order chi connectivity index (χ1) is 21.5. The molecule has 2 fully saturated rings. The normalized spacial score (nSPS) is 23.8. The molecule has 0 radical (unpaired) electrons. The molecule has 1 aliphatic carbocycles. The van der Waals surface area contributed by atoms with Crippen molar-refractivity contribution in [2.24, 2.45) is 17.8 Å². The summed E-state index contributed by atoms with van der Waals surface area (Å²) in [6.45, 7) is 7.84. The molecule has 3 aliphatic rings. The number of allylic oxidation sites excluding steroid dienone is 2. The van der Waals surface area contributed by atoms with E-state index in [0.717, 1.165) is 40.7 Å². The van der Waals surface area contributed by atoms with Gasteiger partial charge < -0.3 is 9.84 Å². The number of rotatable bonds is 8. The lowest BCUT2D eigenvalue weighted by Gasteiger charge is -2.31. The zero-order valence-corrected chi connectivity index (χ0v) is 26.1. The Bertz CT molecular complexity index is 1550. The predicted octanol–water partition coefficient (Wildman–Crippen LogP) is 8.94. The fourth-order valence-electron chi connectivity index (χ4n) is 7.35. The third-order valence-electron chi connectivity index (χ3n) is 9.45. The summed E-state index contributed by atoms with van der Waals surface area (Å²) in [6.07, 6.45) is -4.60. The highest BCUT2D eigenvalue weighted by molar-refractivity contribution is 6.22. The number of aryl methyl sites for hydroxylation is 2. The Balaban J connectivity index is 1.42. The summed E-state index contributed by atoms with van der Waals surface area (Å²) in [7, 11) is 0. The Kier molecular flexibility index (Phi) is 9.20. The van der Waals surface area contributed by atoms with Crippen LogP contribution in [0.5, 0.6) is 5.75 Å². The van der Waals surface area contributed by atoms with Crippen molar-refractivity contribution >= 4 is 23.6 Å². The average molecular weight is 650 g/mol. The summed E-state index contributed by atoms with van der Waals surface area (Å²) in [6, 6.07) is 4.70. The van der Waals surface area contributed by atoms with Crippen LogP contribution in [0.3, 0.4) is 0 Å². The van der Waals surface area contributed by atoms with Crippen molar-refractivity contribution in [1.29, 1.82) is 0 Å². The monoisotopic (exact) mass is 649 g/mol. The second kappa shape index (κ2) is 12.5. The first kappa shape index (κ1) is 33.8. The second-order valence-corrected chi connectivity index (χ2v) is 12.5. The molecule has 0 spiro atoms. The number of alkyl halides is 6. The maximum absolute atomic E-state index is 13.8. The zero-order chi connectivity index (χ0) is 33.7. The lowest BCUT2D eigenvalue weighted by Crippen LogP contribution is -2.34. The molecule has 0 saturated carbocycles. The van der Waals surface area contributed by atoms with E-state index in [1.165, 1.54) is 5.57 Å². The van der Waals surface area contributed by atoms with Crippen molar-refractivity contribution in [1.82, 2.24) is 0 Å². The second-order valence-electron chi connectivity index (χ2n) is 12.5. The van der Waals surface area contributed by atoms with Gasteiger partial charge >= 0.3 is 12.4 Å². The minimum atomic E-state index is -5.11. The predicted molar refractivity (Wildman–Crippen MR) is 161 cm³/mol. The van der Waals surface area contributed by atoms with Gasteiger partial charge in [-0.3, -0.25) is 9.59 Å². The zero-order valence-electron chi connectivity index (χ0n) is 26.1. The number of halogens is 6. The van der Waals surface area contributed by atoms with Crippen LogP contribution in [0.1, 0.15) is 80.2 Å². The van der Waals surface area contributed by atoms with Crippen molar-refractivity contribution in [3.63, 3.8) is 0 Å². The quantitative estimate of drug-likeness (QED) is 0.176. The first-order valence-electron chi connectivity index (χ1n) is 15.5. The first-order valence-corrected chi connectivity index (χ1v) is 15.5. The maximum Gasteiger partial charge on any atom is 0.416 e. The number of anilines is 1. The van der Waals surface area contributed by atoms with Gasteiger partial charge in [0.05, 0.1) is 41.4 Å². The van der Waals surface area contributed by atoms with Crippen LogP contribution in [0, 0.1) is 31.6 Å². The van der Waals surface area contributed by atoms with Gasteiger partial charge in [-0.15, -0.1) is 0 Å². The van der Waals surface area contributed by atoms with Crippen LogP contribution in [0.25, 0.3) is 6.08 Å².